The Hall–Kier alpha value is -3.20. The van der Waals surface area contributed by atoms with Gasteiger partial charge in [-0.3, -0.25) is 9.69 Å². The van der Waals surface area contributed by atoms with Crippen LogP contribution in [0.4, 0.5) is 5.69 Å². The van der Waals surface area contributed by atoms with Crippen molar-refractivity contribution in [3.8, 4) is 10.6 Å². The second-order valence-electron chi connectivity index (χ2n) is 6.72. The predicted octanol–water partition coefficient (Wildman–Crippen LogP) is 6.27. The highest BCUT2D eigenvalue weighted by Gasteiger charge is 2.34. The molecule has 0 atom stereocenters. The predicted molar refractivity (Wildman–Crippen MR) is 129 cm³/mol. The average Bonchev–Trinajstić information content (AvgIpc) is 3.46. The monoisotopic (exact) mass is 463 g/mol. The average molecular weight is 464 g/mol. The fourth-order valence-corrected chi connectivity index (χ4v) is 5.57. The number of hydrogen-bond acceptors (Lipinski definition) is 6. The lowest BCUT2D eigenvalue weighted by molar-refractivity contribution is -0.113. The highest BCUT2D eigenvalue weighted by molar-refractivity contribution is 8.27. The molecule has 0 spiro atoms. The number of hydrogen-bond donors (Lipinski definition) is 1. The summed E-state index contributed by atoms with van der Waals surface area (Å²) in [7, 11) is 0. The number of benzene rings is 2. The number of amides is 1. The van der Waals surface area contributed by atoms with E-state index in [0.717, 1.165) is 27.8 Å². The van der Waals surface area contributed by atoms with Gasteiger partial charge in [-0.05, 0) is 47.9 Å². The number of furan rings is 1. The summed E-state index contributed by atoms with van der Waals surface area (Å²) in [6.45, 7) is 0. The number of thiophene rings is 1. The summed E-state index contributed by atoms with van der Waals surface area (Å²) in [4.78, 5) is 27.0. The highest BCUT2D eigenvalue weighted by Crippen LogP contribution is 2.38. The lowest BCUT2D eigenvalue weighted by Crippen LogP contribution is -2.27. The molecule has 0 unspecified atom stereocenters. The summed E-state index contributed by atoms with van der Waals surface area (Å²) in [5.41, 5.74) is 0.519. The zero-order chi connectivity index (χ0) is 21.5. The first kappa shape index (κ1) is 19.7. The maximum Gasteiger partial charge on any atom is 0.335 e. The van der Waals surface area contributed by atoms with Crippen LogP contribution in [0.5, 0.6) is 0 Å². The van der Waals surface area contributed by atoms with Crippen molar-refractivity contribution in [2.24, 2.45) is 0 Å². The van der Waals surface area contributed by atoms with Crippen molar-refractivity contribution < 1.29 is 19.1 Å². The lowest BCUT2D eigenvalue weighted by atomic mass is 10.2. The maximum atomic E-state index is 13.0. The molecular formula is C23H13NO4S3. The van der Waals surface area contributed by atoms with Crippen molar-refractivity contribution in [2.75, 3.05) is 4.90 Å². The number of rotatable bonds is 4. The van der Waals surface area contributed by atoms with E-state index in [9.17, 15) is 14.7 Å². The minimum Gasteiger partial charge on any atom is -0.478 e. The molecule has 5 rings (SSSR count). The third-order valence-electron chi connectivity index (χ3n) is 4.71. The first-order chi connectivity index (χ1) is 15.0. The van der Waals surface area contributed by atoms with E-state index in [0.29, 0.717) is 20.7 Å². The normalized spacial score (nSPS) is 15.4. The molecule has 1 fully saturated rings. The SMILES string of the molecule is O=C(O)c1cccc(N2C(=O)/C(=C\c3ccc(-c4cc5ccccc5s4)o3)SC2=S)c1. The van der Waals surface area contributed by atoms with Crippen LogP contribution in [-0.4, -0.2) is 21.3 Å². The second-order valence-corrected chi connectivity index (χ2v) is 9.48. The summed E-state index contributed by atoms with van der Waals surface area (Å²) in [5, 5.41) is 10.4. The van der Waals surface area contributed by atoms with Crippen LogP contribution in [0, 0.1) is 0 Å². The molecule has 3 heterocycles. The number of carbonyl (C=O) groups excluding carboxylic acids is 1. The molecule has 0 radical (unpaired) electrons. The summed E-state index contributed by atoms with van der Waals surface area (Å²) in [6.07, 6.45) is 1.66. The van der Waals surface area contributed by atoms with E-state index in [-0.39, 0.29) is 11.5 Å². The van der Waals surface area contributed by atoms with E-state index in [1.807, 2.05) is 24.3 Å². The summed E-state index contributed by atoms with van der Waals surface area (Å²) >= 11 is 8.18. The van der Waals surface area contributed by atoms with E-state index < -0.39 is 5.97 Å². The van der Waals surface area contributed by atoms with E-state index in [1.165, 1.54) is 21.7 Å². The summed E-state index contributed by atoms with van der Waals surface area (Å²) in [5.74, 6) is -0.0890. The van der Waals surface area contributed by atoms with Crippen LogP contribution in [0.25, 0.3) is 26.8 Å². The van der Waals surface area contributed by atoms with Crippen molar-refractivity contribution in [3.63, 3.8) is 0 Å². The molecule has 2 aromatic heterocycles. The van der Waals surface area contributed by atoms with Gasteiger partial charge in [0.15, 0.2) is 4.32 Å². The van der Waals surface area contributed by atoms with E-state index >= 15 is 0 Å². The molecule has 1 N–H and O–H groups in total. The van der Waals surface area contributed by atoms with Crippen molar-refractivity contribution in [2.45, 2.75) is 0 Å². The number of thioether (sulfide) groups is 1. The van der Waals surface area contributed by atoms with Crippen LogP contribution in [0.15, 0.2) is 76.1 Å². The van der Waals surface area contributed by atoms with Gasteiger partial charge in [0.1, 0.15) is 11.5 Å². The first-order valence-corrected chi connectivity index (χ1v) is 11.2. The minimum absolute atomic E-state index is 0.0922. The number of carboxylic acid groups (broad SMARTS) is 1. The Bertz CT molecular complexity index is 1370. The van der Waals surface area contributed by atoms with Gasteiger partial charge in [-0.15, -0.1) is 11.3 Å². The molecular weight excluding hydrogens is 450 g/mol. The quantitative estimate of drug-likeness (QED) is 0.284. The molecule has 2 aromatic carbocycles. The molecule has 1 saturated heterocycles. The minimum atomic E-state index is -1.06. The maximum absolute atomic E-state index is 13.0. The highest BCUT2D eigenvalue weighted by atomic mass is 32.2. The number of anilines is 1. The number of fused-ring (bicyclic) bond motifs is 1. The van der Waals surface area contributed by atoms with Gasteiger partial charge in [-0.1, -0.05) is 48.2 Å². The number of nitrogens with zero attached hydrogens (tertiary/aromatic N) is 1. The molecule has 8 heteroatoms. The van der Waals surface area contributed by atoms with Gasteiger partial charge in [0.05, 0.1) is 21.0 Å². The number of aromatic carboxylic acids is 1. The standard InChI is InChI=1S/C23H13NO4S3/c25-21-20(31-23(29)24(21)15-6-3-5-14(10-15)22(26)27)12-16-8-9-17(28-16)19-11-13-4-1-2-7-18(13)30-19/h1-12H,(H,26,27)/b20-12+. The Kier molecular flexibility index (Phi) is 4.97. The van der Waals surface area contributed by atoms with Gasteiger partial charge in [0.25, 0.3) is 5.91 Å². The van der Waals surface area contributed by atoms with Gasteiger partial charge < -0.3 is 9.52 Å². The van der Waals surface area contributed by atoms with Crippen molar-refractivity contribution in [3.05, 3.63) is 83.0 Å². The lowest BCUT2D eigenvalue weighted by Gasteiger charge is -2.14. The molecule has 0 bridgehead atoms. The van der Waals surface area contributed by atoms with Crippen LogP contribution < -0.4 is 4.90 Å². The molecule has 152 valence electrons. The third kappa shape index (κ3) is 3.69. The Morgan fingerprint density at radius 1 is 1.06 bits per heavy atom. The number of carboxylic acids is 1. The Balaban J connectivity index is 1.43. The van der Waals surface area contributed by atoms with Crippen molar-refractivity contribution in [1.82, 2.24) is 0 Å². The fourth-order valence-electron chi connectivity index (χ4n) is 3.26. The van der Waals surface area contributed by atoms with Crippen molar-refractivity contribution in [1.29, 1.82) is 0 Å². The van der Waals surface area contributed by atoms with Gasteiger partial charge in [0, 0.05) is 10.8 Å². The van der Waals surface area contributed by atoms with Crippen LogP contribution >= 0.6 is 35.3 Å². The van der Waals surface area contributed by atoms with Crippen LogP contribution in [0.1, 0.15) is 16.1 Å². The van der Waals surface area contributed by atoms with E-state index in [4.69, 9.17) is 16.6 Å². The van der Waals surface area contributed by atoms with E-state index in [1.54, 1.807) is 29.5 Å². The zero-order valence-corrected chi connectivity index (χ0v) is 18.2. The van der Waals surface area contributed by atoms with Gasteiger partial charge in [-0.2, -0.15) is 0 Å². The molecule has 1 aliphatic heterocycles. The third-order valence-corrected chi connectivity index (χ3v) is 7.15. The second kappa shape index (κ2) is 7.81. The van der Waals surface area contributed by atoms with Gasteiger partial charge in [0.2, 0.25) is 0 Å². The summed E-state index contributed by atoms with van der Waals surface area (Å²) < 4.78 is 7.49. The molecule has 0 saturated carbocycles. The first-order valence-electron chi connectivity index (χ1n) is 9.20. The molecule has 1 aliphatic rings. The molecule has 1 amide bonds. The zero-order valence-electron chi connectivity index (χ0n) is 15.8. The Morgan fingerprint density at radius 2 is 1.90 bits per heavy atom. The van der Waals surface area contributed by atoms with Gasteiger partial charge in [-0.25, -0.2) is 4.79 Å². The van der Waals surface area contributed by atoms with Gasteiger partial charge >= 0.3 is 5.97 Å². The van der Waals surface area contributed by atoms with Crippen LogP contribution in [-0.2, 0) is 4.79 Å². The topological polar surface area (TPSA) is 70.8 Å². The van der Waals surface area contributed by atoms with Crippen LogP contribution in [0.3, 0.4) is 0 Å². The Morgan fingerprint density at radius 3 is 2.71 bits per heavy atom. The molecule has 31 heavy (non-hydrogen) atoms. The molecule has 4 aromatic rings. The molecule has 0 aliphatic carbocycles. The number of carbonyl (C=O) groups is 2. The fraction of sp³-hybridized carbons (Fsp3) is 0. The number of thiocarbonyl (C=S) groups is 1. The van der Waals surface area contributed by atoms with E-state index in [2.05, 4.69) is 18.2 Å². The summed E-state index contributed by atoms with van der Waals surface area (Å²) in [6, 6.07) is 20.1. The van der Waals surface area contributed by atoms with Crippen LogP contribution in [0.2, 0.25) is 0 Å². The Labute approximate surface area is 190 Å². The van der Waals surface area contributed by atoms with Crippen molar-refractivity contribution >= 4 is 73.4 Å². The smallest absolute Gasteiger partial charge is 0.335 e. The molecule has 5 nitrogen and oxygen atoms in total. The largest absolute Gasteiger partial charge is 0.478 e.